The van der Waals surface area contributed by atoms with E-state index in [4.69, 9.17) is 5.11 Å². The first-order valence-electron chi connectivity index (χ1n) is 4.29. The molecule has 9 nitrogen and oxygen atoms in total. The minimum absolute atomic E-state index is 0.546. The van der Waals surface area contributed by atoms with Gasteiger partial charge >= 0.3 is 18.0 Å². The van der Waals surface area contributed by atoms with Crippen molar-refractivity contribution in [1.82, 2.24) is 0 Å². The van der Waals surface area contributed by atoms with E-state index in [2.05, 4.69) is 4.74 Å². The molecule has 10 heteroatoms. The molecule has 1 N–H and O–H groups in total. The molecule has 0 saturated carbocycles. The molecule has 1 unspecified atom stereocenters. The number of non-ortho nitro benzene ring substituents is 1. The molecule has 0 aliphatic rings. The number of halogens is 1. The van der Waals surface area contributed by atoms with Gasteiger partial charge in [-0.15, -0.1) is 0 Å². The van der Waals surface area contributed by atoms with Gasteiger partial charge in [-0.3, -0.25) is 20.2 Å². The zero-order chi connectivity index (χ0) is 13.9. The van der Waals surface area contributed by atoms with E-state index in [0.29, 0.717) is 6.07 Å². The Labute approximate surface area is 97.7 Å². The highest BCUT2D eigenvalue weighted by atomic mass is 19.1. The number of hydrogen-bond donors (Lipinski definition) is 1. The maximum atomic E-state index is 12.7. The van der Waals surface area contributed by atoms with E-state index >= 15 is 0 Å². The molecule has 0 bridgehead atoms. The van der Waals surface area contributed by atoms with E-state index in [9.17, 15) is 29.4 Å². The molecule has 0 aromatic heterocycles. The van der Waals surface area contributed by atoms with Gasteiger partial charge in [0.25, 0.3) is 5.69 Å². The molecule has 0 fully saturated rings. The van der Waals surface area contributed by atoms with Gasteiger partial charge in [0.05, 0.1) is 15.9 Å². The third kappa shape index (κ3) is 2.87. The maximum absolute atomic E-state index is 12.7. The lowest BCUT2D eigenvalue weighted by Gasteiger charge is -2.07. The Morgan fingerprint density at radius 3 is 2.39 bits per heavy atom. The lowest BCUT2D eigenvalue weighted by molar-refractivity contribution is -0.394. The standard InChI is InChI=1S/C8H5FN2O7/c9-7(8(12)13)18-6-2-1-4(10(14)15)3-5(6)11(16)17/h1-3,7H,(H,12,13). The highest BCUT2D eigenvalue weighted by molar-refractivity contribution is 5.71. The molecular formula is C8H5FN2O7. The van der Waals surface area contributed by atoms with Gasteiger partial charge < -0.3 is 9.84 Å². The number of nitro benzene ring substituents is 2. The van der Waals surface area contributed by atoms with Crippen LogP contribution in [0.1, 0.15) is 0 Å². The number of rotatable bonds is 5. The summed E-state index contributed by atoms with van der Waals surface area (Å²) in [5.41, 5.74) is -1.49. The minimum atomic E-state index is -2.80. The van der Waals surface area contributed by atoms with Crippen LogP contribution in [-0.4, -0.2) is 27.3 Å². The van der Waals surface area contributed by atoms with Gasteiger partial charge in [-0.1, -0.05) is 0 Å². The van der Waals surface area contributed by atoms with Crippen LogP contribution in [0.5, 0.6) is 5.75 Å². The van der Waals surface area contributed by atoms with Crippen molar-refractivity contribution in [2.75, 3.05) is 0 Å². The van der Waals surface area contributed by atoms with Crippen molar-refractivity contribution in [3.05, 3.63) is 38.4 Å². The minimum Gasteiger partial charge on any atom is -0.476 e. The fourth-order valence-corrected chi connectivity index (χ4v) is 1.02. The van der Waals surface area contributed by atoms with Crippen LogP contribution < -0.4 is 4.74 Å². The van der Waals surface area contributed by atoms with E-state index in [1.165, 1.54) is 0 Å². The molecular weight excluding hydrogens is 255 g/mol. The van der Waals surface area contributed by atoms with Crippen molar-refractivity contribution in [2.24, 2.45) is 0 Å². The summed E-state index contributed by atoms with van der Waals surface area (Å²) in [5.74, 6) is -2.68. The highest BCUT2D eigenvalue weighted by Gasteiger charge is 2.25. The molecule has 0 aliphatic heterocycles. The van der Waals surface area contributed by atoms with Crippen LogP contribution in [0.3, 0.4) is 0 Å². The van der Waals surface area contributed by atoms with E-state index in [1.807, 2.05) is 0 Å². The van der Waals surface area contributed by atoms with Crippen LogP contribution in [-0.2, 0) is 4.79 Å². The van der Waals surface area contributed by atoms with Crippen LogP contribution >= 0.6 is 0 Å². The number of carboxylic acid groups (broad SMARTS) is 1. The van der Waals surface area contributed by atoms with Crippen molar-refractivity contribution in [2.45, 2.75) is 6.36 Å². The fraction of sp³-hybridized carbons (Fsp3) is 0.125. The van der Waals surface area contributed by atoms with Crippen LogP contribution in [0.15, 0.2) is 18.2 Å². The summed E-state index contributed by atoms with van der Waals surface area (Å²) in [7, 11) is 0. The zero-order valence-electron chi connectivity index (χ0n) is 8.48. The lowest BCUT2D eigenvalue weighted by atomic mass is 10.2. The normalized spacial score (nSPS) is 11.6. The van der Waals surface area contributed by atoms with Gasteiger partial charge in [-0.2, -0.15) is 4.39 Å². The second kappa shape index (κ2) is 5.03. The summed E-state index contributed by atoms with van der Waals surface area (Å²) in [4.78, 5) is 29.2. The van der Waals surface area contributed by atoms with Crippen molar-refractivity contribution in [3.63, 3.8) is 0 Å². The number of hydrogen-bond acceptors (Lipinski definition) is 6. The number of alkyl halides is 1. The van der Waals surface area contributed by atoms with Gasteiger partial charge in [0.1, 0.15) is 0 Å². The predicted molar refractivity (Wildman–Crippen MR) is 52.9 cm³/mol. The number of nitro groups is 2. The Bertz CT molecular complexity index is 518. The Balaban J connectivity index is 3.16. The molecule has 1 aromatic carbocycles. The topological polar surface area (TPSA) is 133 Å². The van der Waals surface area contributed by atoms with Gasteiger partial charge in [0.15, 0.2) is 0 Å². The monoisotopic (exact) mass is 260 g/mol. The van der Waals surface area contributed by atoms with Crippen molar-refractivity contribution >= 4 is 17.3 Å². The molecule has 0 aliphatic carbocycles. The first-order valence-corrected chi connectivity index (χ1v) is 4.29. The molecule has 0 saturated heterocycles. The van der Waals surface area contributed by atoms with Crippen LogP contribution in [0, 0.1) is 20.2 Å². The van der Waals surface area contributed by atoms with E-state index in [-0.39, 0.29) is 0 Å². The molecule has 96 valence electrons. The van der Waals surface area contributed by atoms with E-state index < -0.39 is 39.3 Å². The van der Waals surface area contributed by atoms with Crippen LogP contribution in [0.4, 0.5) is 15.8 Å². The zero-order valence-corrected chi connectivity index (χ0v) is 8.48. The van der Waals surface area contributed by atoms with Crippen LogP contribution in [0.25, 0.3) is 0 Å². The third-order valence-corrected chi connectivity index (χ3v) is 1.77. The fourth-order valence-electron chi connectivity index (χ4n) is 1.02. The molecule has 0 spiro atoms. The van der Waals surface area contributed by atoms with Gasteiger partial charge in [-0.25, -0.2) is 4.79 Å². The first-order chi connectivity index (χ1) is 8.32. The predicted octanol–water partition coefficient (Wildman–Crippen LogP) is 1.26. The lowest BCUT2D eigenvalue weighted by Crippen LogP contribution is -2.21. The Kier molecular flexibility index (Phi) is 3.72. The number of ether oxygens (including phenoxy) is 1. The molecule has 1 rings (SSSR count). The first kappa shape index (κ1) is 13.3. The molecule has 0 amide bonds. The average molecular weight is 260 g/mol. The Morgan fingerprint density at radius 2 is 1.94 bits per heavy atom. The summed E-state index contributed by atoms with van der Waals surface area (Å²) < 4.78 is 16.9. The highest BCUT2D eigenvalue weighted by Crippen LogP contribution is 2.31. The maximum Gasteiger partial charge on any atom is 0.378 e. The van der Waals surface area contributed by atoms with Gasteiger partial charge in [0.2, 0.25) is 5.75 Å². The number of aliphatic carboxylic acids is 1. The van der Waals surface area contributed by atoms with Gasteiger partial charge in [0, 0.05) is 6.07 Å². The summed E-state index contributed by atoms with van der Waals surface area (Å²) in [6.45, 7) is 0. The van der Waals surface area contributed by atoms with Crippen LogP contribution in [0.2, 0.25) is 0 Å². The van der Waals surface area contributed by atoms with Crippen molar-refractivity contribution < 1.29 is 28.9 Å². The molecule has 1 atom stereocenters. The quantitative estimate of drug-likeness (QED) is 0.622. The SMILES string of the molecule is O=C(O)C(F)Oc1ccc([N+](=O)[O-])cc1[N+](=O)[O-]. The molecule has 18 heavy (non-hydrogen) atoms. The molecule has 1 aromatic rings. The largest absolute Gasteiger partial charge is 0.476 e. The average Bonchev–Trinajstić information content (AvgIpc) is 2.28. The number of carboxylic acids is 1. The second-order valence-corrected chi connectivity index (χ2v) is 2.94. The number of nitrogens with zero attached hydrogens (tertiary/aromatic N) is 2. The summed E-state index contributed by atoms with van der Waals surface area (Å²) in [6, 6.07) is 2.13. The van der Waals surface area contributed by atoms with Crippen molar-refractivity contribution in [3.8, 4) is 5.75 Å². The third-order valence-electron chi connectivity index (χ3n) is 1.77. The Morgan fingerprint density at radius 1 is 1.33 bits per heavy atom. The molecule has 0 heterocycles. The van der Waals surface area contributed by atoms with Crippen molar-refractivity contribution in [1.29, 1.82) is 0 Å². The van der Waals surface area contributed by atoms with E-state index in [0.717, 1.165) is 12.1 Å². The summed E-state index contributed by atoms with van der Waals surface area (Å²) in [6.07, 6.45) is -2.80. The number of benzene rings is 1. The molecule has 0 radical (unpaired) electrons. The smallest absolute Gasteiger partial charge is 0.378 e. The van der Waals surface area contributed by atoms with Gasteiger partial charge in [-0.05, 0) is 6.07 Å². The second-order valence-electron chi connectivity index (χ2n) is 2.94. The summed E-state index contributed by atoms with van der Waals surface area (Å²) >= 11 is 0. The Hall–Kier alpha value is -2.78. The van der Waals surface area contributed by atoms with E-state index in [1.54, 1.807) is 0 Å². The number of carbonyl (C=O) groups is 1. The summed E-state index contributed by atoms with van der Waals surface area (Å²) in [5, 5.41) is 29.2.